The number of rotatable bonds is 4. The van der Waals surface area contributed by atoms with Gasteiger partial charge in [0.1, 0.15) is 0 Å². The minimum absolute atomic E-state index is 0.0602. The number of aromatic nitrogens is 3. The van der Waals surface area contributed by atoms with Gasteiger partial charge in [0, 0.05) is 0 Å². The fourth-order valence-electron chi connectivity index (χ4n) is 13.7. The molecule has 3 aromatic heterocycles. The number of hydrogen-bond donors (Lipinski definition) is 0. The molecular formula is C67H37BiCl4N4O4. The maximum absolute atomic E-state index is 8.19. The monoisotopic (exact) mass is 1310 g/mol. The van der Waals surface area contributed by atoms with Crippen molar-refractivity contribution >= 4 is 158 Å². The van der Waals surface area contributed by atoms with E-state index in [1.807, 2.05) is 0 Å². The quantitative estimate of drug-likeness (QED) is 0.0998. The molecule has 4 aliphatic heterocycles. The Morgan fingerprint density at radius 2 is 0.625 bits per heavy atom. The summed E-state index contributed by atoms with van der Waals surface area (Å²) >= 11 is 22.3. The summed E-state index contributed by atoms with van der Waals surface area (Å²) in [6.07, 6.45) is 0. The van der Waals surface area contributed by atoms with E-state index in [-0.39, 0.29) is 31.6 Å². The van der Waals surface area contributed by atoms with Crippen molar-refractivity contribution in [3.8, 4) is 51.6 Å². The topological polar surface area (TPSA) is 55.0 Å². The molecule has 382 valence electrons. The van der Waals surface area contributed by atoms with E-state index in [2.05, 4.69) is 232 Å². The van der Waals surface area contributed by atoms with Gasteiger partial charge in [0.2, 0.25) is 0 Å². The van der Waals surface area contributed by atoms with Gasteiger partial charge in [-0.25, -0.2) is 0 Å². The van der Waals surface area contributed by atoms with E-state index in [9.17, 15) is 0 Å². The number of hydrogen-bond acceptors (Lipinski definition) is 5. The van der Waals surface area contributed by atoms with Crippen LogP contribution in [0.2, 0.25) is 20.1 Å². The maximum atomic E-state index is 8.19. The average Bonchev–Trinajstić information content (AvgIpc) is 2.96. The van der Waals surface area contributed by atoms with E-state index in [1.54, 1.807) is 0 Å². The first-order valence-electron chi connectivity index (χ1n) is 26.2. The van der Waals surface area contributed by atoms with Gasteiger partial charge in [-0.3, -0.25) is 0 Å². The fourth-order valence-corrected chi connectivity index (χ4v) is 36.4. The second-order valence-electron chi connectivity index (χ2n) is 21.0. The number of aryl methyl sites for hydroxylation is 1. The number of nitrogens with zero attached hydrogens (tertiary/aromatic N) is 4. The Kier molecular flexibility index (Phi) is 9.04. The molecular weight excluding hydrogens is 1280 g/mol. The molecule has 7 heterocycles. The Hall–Kier alpha value is -8.14. The van der Waals surface area contributed by atoms with Gasteiger partial charge < -0.3 is 0 Å². The van der Waals surface area contributed by atoms with Crippen molar-refractivity contribution in [1.29, 1.82) is 0 Å². The van der Waals surface area contributed by atoms with Gasteiger partial charge in [-0.15, -0.1) is 0 Å². The van der Waals surface area contributed by atoms with Crippen LogP contribution in [0.1, 0.15) is 5.56 Å². The Morgan fingerprint density at radius 1 is 0.325 bits per heavy atom. The zero-order valence-electron chi connectivity index (χ0n) is 42.0. The predicted octanol–water partition coefficient (Wildman–Crippen LogP) is 17.8. The number of fused-ring (bicyclic) bond motifs is 10. The van der Waals surface area contributed by atoms with Gasteiger partial charge in [-0.05, 0) is 0 Å². The molecule has 0 amide bonds. The molecule has 1 spiro atoms. The first-order chi connectivity index (χ1) is 39.2. The number of ether oxygens (including phenoxy) is 2. The van der Waals surface area contributed by atoms with Crippen molar-refractivity contribution < 1.29 is 15.1 Å². The Morgan fingerprint density at radius 3 is 0.963 bits per heavy atom. The van der Waals surface area contributed by atoms with E-state index in [0.717, 1.165) is 112 Å². The number of para-hydroxylation sites is 6. The molecule has 13 heteroatoms. The van der Waals surface area contributed by atoms with Crippen molar-refractivity contribution in [2.24, 2.45) is 0 Å². The Labute approximate surface area is 478 Å². The third-order valence-corrected chi connectivity index (χ3v) is 37.3. The van der Waals surface area contributed by atoms with Crippen LogP contribution < -0.4 is 29.8 Å². The molecule has 0 saturated heterocycles. The minimum atomic E-state index is -6.80. The summed E-state index contributed by atoms with van der Waals surface area (Å²) in [5.41, 5.74) is 12.3. The fraction of sp³-hybridized carbons (Fsp3) is 0.0149. The van der Waals surface area contributed by atoms with Gasteiger partial charge in [0.25, 0.3) is 0 Å². The summed E-state index contributed by atoms with van der Waals surface area (Å²) in [5.74, 6) is 2.53. The molecule has 0 atom stereocenters. The zero-order valence-corrected chi connectivity index (χ0v) is 48.5. The molecule has 0 fully saturated rings. The van der Waals surface area contributed by atoms with Crippen LogP contribution in [0.3, 0.4) is 0 Å². The number of halogens is 4. The van der Waals surface area contributed by atoms with Crippen molar-refractivity contribution in [2.45, 2.75) is 6.92 Å². The molecule has 14 aromatic rings. The van der Waals surface area contributed by atoms with Crippen LogP contribution in [-0.2, 0) is 0 Å². The van der Waals surface area contributed by atoms with Gasteiger partial charge in [0.15, 0.2) is 0 Å². The summed E-state index contributed by atoms with van der Waals surface area (Å²) in [6.45, 7) is 2.10. The molecule has 0 radical (unpaired) electrons. The molecule has 11 aromatic carbocycles. The molecule has 80 heavy (non-hydrogen) atoms. The van der Waals surface area contributed by atoms with Crippen LogP contribution in [0.15, 0.2) is 206 Å². The zero-order chi connectivity index (χ0) is 53.1. The van der Waals surface area contributed by atoms with Crippen LogP contribution in [0.4, 0.5) is 17.1 Å². The SMILES string of the molecule is Cc1ccc(N2c3cc(-n4c5ccccc5c5ccccc54)cc4[c]3[Bi]35([O]c6c(Cl)c(Cl)c(Cl)c(Cl)c6[O]3)[c]3c(cc(-n6c7ccccc7c7ccccc76)cc3Oc3cc(-n6c7ccccc7c7ccccc76)cc2[c]35)O4)cc1. The molecule has 8 nitrogen and oxygen atoms in total. The van der Waals surface area contributed by atoms with Crippen molar-refractivity contribution in [2.75, 3.05) is 4.90 Å². The Balaban J connectivity index is 1.05. The predicted molar refractivity (Wildman–Crippen MR) is 328 cm³/mol. The van der Waals surface area contributed by atoms with Crippen LogP contribution >= 0.6 is 46.4 Å². The van der Waals surface area contributed by atoms with E-state index >= 15 is 0 Å². The summed E-state index contributed by atoms with van der Waals surface area (Å²) in [6, 6.07) is 72.7. The summed E-state index contributed by atoms with van der Waals surface area (Å²) < 4.78 is 40.8. The summed E-state index contributed by atoms with van der Waals surface area (Å²) in [7, 11) is 0. The second-order valence-corrected chi connectivity index (χ2v) is 36.5. The molecule has 18 rings (SSSR count). The summed E-state index contributed by atoms with van der Waals surface area (Å²) in [5, 5.41) is 7.02. The van der Waals surface area contributed by atoms with Crippen LogP contribution in [0.5, 0.6) is 34.5 Å². The van der Waals surface area contributed by atoms with Gasteiger partial charge >= 0.3 is 482 Å². The van der Waals surface area contributed by atoms with Gasteiger partial charge in [-0.1, -0.05) is 0 Å². The van der Waals surface area contributed by atoms with Crippen LogP contribution in [0, 0.1) is 6.92 Å². The first-order valence-corrected chi connectivity index (χ1v) is 35.8. The van der Waals surface area contributed by atoms with Crippen LogP contribution in [0.25, 0.3) is 82.5 Å². The van der Waals surface area contributed by atoms with E-state index in [4.69, 9.17) is 61.5 Å². The average molecular weight is 1310 g/mol. The third-order valence-electron chi connectivity index (χ3n) is 16.8. The number of benzene rings is 11. The molecule has 0 bridgehead atoms. The second kappa shape index (κ2) is 15.8. The van der Waals surface area contributed by atoms with Crippen molar-refractivity contribution in [1.82, 2.24) is 13.7 Å². The van der Waals surface area contributed by atoms with Gasteiger partial charge in [0.05, 0.1) is 0 Å². The molecule has 4 aliphatic rings. The van der Waals surface area contributed by atoms with Crippen molar-refractivity contribution in [3.63, 3.8) is 0 Å². The standard InChI is InChI=1S/C61H37N4O2.C6H2Cl4O2.Bi/c1-39-26-28-40(29-27-39)62-41-30-43(63-56-20-8-2-14-50(56)51-15-3-9-21-57(51)63)34-46(32-41)66-48-36-45(65-60-24-12-6-18-54(60)55-19-7-13-25-61(55)65)37-49(38-48)67-47-33-42(62)31-44(35-47)64-58-22-10-4-16-52(58)53-17-5-11-23-59(53)64;7-1-2(8)4(10)6(12)5(11)3(1)9;/h2-31,34-37H,1H3;11-12H;/q;;+2/p-2. The van der Waals surface area contributed by atoms with E-state index < -0.39 is 19.7 Å². The normalized spacial score (nSPS) is 15.2. The summed E-state index contributed by atoms with van der Waals surface area (Å²) in [4.78, 5) is 2.32. The molecule has 0 saturated carbocycles. The first kappa shape index (κ1) is 45.7. The van der Waals surface area contributed by atoms with Crippen LogP contribution in [-0.4, -0.2) is 33.4 Å². The van der Waals surface area contributed by atoms with E-state index in [1.165, 1.54) is 0 Å². The molecule has 0 aliphatic carbocycles. The van der Waals surface area contributed by atoms with Crippen molar-refractivity contribution in [3.05, 3.63) is 232 Å². The van der Waals surface area contributed by atoms with E-state index in [0.29, 0.717) is 26.3 Å². The molecule has 0 N–H and O–H groups in total. The number of anilines is 3. The molecule has 0 unspecified atom stereocenters. The Bertz CT molecular complexity index is 4800. The third kappa shape index (κ3) is 5.57. The van der Waals surface area contributed by atoms with Gasteiger partial charge in [-0.2, -0.15) is 0 Å².